The summed E-state index contributed by atoms with van der Waals surface area (Å²) in [5, 5.41) is 0. The number of hydrogen-bond donors (Lipinski definition) is 0. The fraction of sp³-hybridized carbons (Fsp3) is 0.118. The highest BCUT2D eigenvalue weighted by Crippen LogP contribution is 2.16. The van der Waals surface area contributed by atoms with Gasteiger partial charge in [0.15, 0.2) is 5.78 Å². The molecule has 0 fully saturated rings. The van der Waals surface area contributed by atoms with Gasteiger partial charge in [-0.05, 0) is 23.8 Å². The van der Waals surface area contributed by atoms with Gasteiger partial charge in [-0.1, -0.05) is 48.5 Å². The average Bonchev–Trinajstić information content (AvgIpc) is 2.53. The zero-order chi connectivity index (χ0) is 16.2. The maximum Gasteiger partial charge on any atom is 0.242 e. The third-order valence-corrected chi connectivity index (χ3v) is 4.93. The van der Waals surface area contributed by atoms with Crippen molar-refractivity contribution in [1.29, 1.82) is 0 Å². The Kier molecular flexibility index (Phi) is 4.90. The van der Waals surface area contributed by atoms with Gasteiger partial charge in [-0.15, -0.1) is 0 Å². The molecule has 0 radical (unpaired) electrons. The first-order chi connectivity index (χ1) is 10.4. The Bertz CT molecular complexity index is 794. The minimum atomic E-state index is -3.48. The molecule has 114 valence electrons. The number of nitrogens with zero attached hydrogens (tertiary/aromatic N) is 1. The number of carbonyl (C=O) groups excluding carboxylic acids is 1. The standard InChI is InChI=1S/C17H17NO3S/c1-18(2)22(20,21)16-10-6-7-14(13-16)11-12-17(19)15-8-4-3-5-9-15/h3-13H,1-2H3/b12-11+. The van der Waals surface area contributed by atoms with Gasteiger partial charge in [-0.25, -0.2) is 12.7 Å². The fourth-order valence-corrected chi connectivity index (χ4v) is 2.82. The Labute approximate surface area is 130 Å². The lowest BCUT2D eigenvalue weighted by Gasteiger charge is -2.11. The first kappa shape index (κ1) is 16.1. The molecule has 2 aromatic rings. The van der Waals surface area contributed by atoms with E-state index in [0.29, 0.717) is 11.1 Å². The van der Waals surface area contributed by atoms with E-state index in [1.807, 2.05) is 6.07 Å². The van der Waals surface area contributed by atoms with Crippen LogP contribution in [0.15, 0.2) is 65.6 Å². The monoisotopic (exact) mass is 315 g/mol. The zero-order valence-electron chi connectivity index (χ0n) is 12.4. The molecule has 2 aromatic carbocycles. The smallest absolute Gasteiger partial charge is 0.242 e. The van der Waals surface area contributed by atoms with Crippen LogP contribution in [0.4, 0.5) is 0 Å². The van der Waals surface area contributed by atoms with E-state index in [4.69, 9.17) is 0 Å². The molecule has 0 saturated carbocycles. The molecule has 0 aromatic heterocycles. The van der Waals surface area contributed by atoms with Crippen LogP contribution in [0.3, 0.4) is 0 Å². The van der Waals surface area contributed by atoms with Crippen molar-refractivity contribution >= 4 is 21.9 Å². The second kappa shape index (κ2) is 6.68. The van der Waals surface area contributed by atoms with Crippen molar-refractivity contribution in [3.05, 3.63) is 71.8 Å². The van der Waals surface area contributed by atoms with Crippen molar-refractivity contribution in [2.75, 3.05) is 14.1 Å². The van der Waals surface area contributed by atoms with E-state index in [-0.39, 0.29) is 10.7 Å². The van der Waals surface area contributed by atoms with E-state index in [9.17, 15) is 13.2 Å². The van der Waals surface area contributed by atoms with Crippen LogP contribution in [0, 0.1) is 0 Å². The van der Waals surface area contributed by atoms with Crippen molar-refractivity contribution in [3.63, 3.8) is 0 Å². The first-order valence-electron chi connectivity index (χ1n) is 6.71. The predicted octanol–water partition coefficient (Wildman–Crippen LogP) is 2.83. The van der Waals surface area contributed by atoms with Gasteiger partial charge in [0.25, 0.3) is 0 Å². The number of benzene rings is 2. The quantitative estimate of drug-likeness (QED) is 0.630. The molecule has 0 N–H and O–H groups in total. The van der Waals surface area contributed by atoms with Crippen LogP contribution in [-0.4, -0.2) is 32.6 Å². The maximum atomic E-state index is 12.1. The molecule has 4 nitrogen and oxygen atoms in total. The number of ketones is 1. The largest absolute Gasteiger partial charge is 0.289 e. The molecule has 0 aliphatic rings. The third kappa shape index (κ3) is 3.69. The van der Waals surface area contributed by atoms with Gasteiger partial charge in [0.1, 0.15) is 0 Å². The van der Waals surface area contributed by atoms with Crippen molar-refractivity contribution in [2.24, 2.45) is 0 Å². The molecule has 0 unspecified atom stereocenters. The molecule has 5 heteroatoms. The SMILES string of the molecule is CN(C)S(=O)(=O)c1cccc(/C=C/C(=O)c2ccccc2)c1. The lowest BCUT2D eigenvalue weighted by molar-refractivity contribution is 0.104. The molecule has 0 aliphatic carbocycles. The Morgan fingerprint density at radius 1 is 1.00 bits per heavy atom. The minimum Gasteiger partial charge on any atom is -0.289 e. The molecule has 0 spiro atoms. The Hall–Kier alpha value is -2.24. The Balaban J connectivity index is 2.25. The maximum absolute atomic E-state index is 12.1. The molecule has 2 rings (SSSR count). The second-order valence-corrected chi connectivity index (χ2v) is 7.08. The van der Waals surface area contributed by atoms with Crippen LogP contribution in [-0.2, 0) is 10.0 Å². The molecule has 22 heavy (non-hydrogen) atoms. The Morgan fingerprint density at radius 3 is 2.32 bits per heavy atom. The van der Waals surface area contributed by atoms with Crippen molar-refractivity contribution in [1.82, 2.24) is 4.31 Å². The molecule has 0 atom stereocenters. The lowest BCUT2D eigenvalue weighted by Crippen LogP contribution is -2.22. The van der Waals surface area contributed by atoms with Gasteiger partial charge in [0, 0.05) is 19.7 Å². The summed E-state index contributed by atoms with van der Waals surface area (Å²) in [7, 11) is -0.510. The van der Waals surface area contributed by atoms with E-state index in [1.165, 1.54) is 26.2 Å². The highest BCUT2D eigenvalue weighted by atomic mass is 32.2. The van der Waals surface area contributed by atoms with Crippen LogP contribution in [0.5, 0.6) is 0 Å². The average molecular weight is 315 g/mol. The minimum absolute atomic E-state index is 0.124. The van der Waals surface area contributed by atoms with Crippen LogP contribution in [0.2, 0.25) is 0 Å². The van der Waals surface area contributed by atoms with Crippen LogP contribution in [0.25, 0.3) is 6.08 Å². The van der Waals surface area contributed by atoms with Gasteiger partial charge in [0.05, 0.1) is 4.90 Å². The molecule has 0 aliphatic heterocycles. The van der Waals surface area contributed by atoms with Gasteiger partial charge >= 0.3 is 0 Å². The zero-order valence-corrected chi connectivity index (χ0v) is 13.2. The topological polar surface area (TPSA) is 54.5 Å². The van der Waals surface area contributed by atoms with Crippen molar-refractivity contribution in [3.8, 4) is 0 Å². The summed E-state index contributed by atoms with van der Waals surface area (Å²) in [4.78, 5) is 12.2. The number of hydrogen-bond acceptors (Lipinski definition) is 3. The summed E-state index contributed by atoms with van der Waals surface area (Å²) >= 11 is 0. The molecule has 0 amide bonds. The number of sulfonamides is 1. The van der Waals surface area contributed by atoms with Crippen LogP contribution >= 0.6 is 0 Å². The van der Waals surface area contributed by atoms with Crippen molar-refractivity contribution in [2.45, 2.75) is 4.90 Å². The van der Waals surface area contributed by atoms with Crippen LogP contribution < -0.4 is 0 Å². The van der Waals surface area contributed by atoms with E-state index in [0.717, 1.165) is 4.31 Å². The van der Waals surface area contributed by atoms with Gasteiger partial charge < -0.3 is 0 Å². The summed E-state index contributed by atoms with van der Waals surface area (Å²) in [6.45, 7) is 0. The van der Waals surface area contributed by atoms with Gasteiger partial charge in [-0.3, -0.25) is 4.79 Å². The summed E-state index contributed by atoms with van der Waals surface area (Å²) in [5.41, 5.74) is 1.25. The van der Waals surface area contributed by atoms with Crippen molar-refractivity contribution < 1.29 is 13.2 Å². The van der Waals surface area contributed by atoms with E-state index < -0.39 is 10.0 Å². The molecular weight excluding hydrogens is 298 g/mol. The van der Waals surface area contributed by atoms with Crippen LogP contribution in [0.1, 0.15) is 15.9 Å². The summed E-state index contributed by atoms with van der Waals surface area (Å²) in [6.07, 6.45) is 3.06. The summed E-state index contributed by atoms with van der Waals surface area (Å²) < 4.78 is 25.3. The number of rotatable bonds is 5. The van der Waals surface area contributed by atoms with E-state index in [1.54, 1.807) is 48.5 Å². The van der Waals surface area contributed by atoms with E-state index in [2.05, 4.69) is 0 Å². The van der Waals surface area contributed by atoms with E-state index >= 15 is 0 Å². The normalized spacial score (nSPS) is 12.0. The third-order valence-electron chi connectivity index (χ3n) is 3.12. The number of allylic oxidation sites excluding steroid dienone is 1. The first-order valence-corrected chi connectivity index (χ1v) is 8.15. The summed E-state index contributed by atoms with van der Waals surface area (Å²) in [6, 6.07) is 15.4. The number of carbonyl (C=O) groups is 1. The van der Waals surface area contributed by atoms with Gasteiger partial charge in [-0.2, -0.15) is 0 Å². The Morgan fingerprint density at radius 2 is 1.68 bits per heavy atom. The predicted molar refractivity (Wildman–Crippen MR) is 87.1 cm³/mol. The molecule has 0 heterocycles. The van der Waals surface area contributed by atoms with Gasteiger partial charge in [0.2, 0.25) is 10.0 Å². The molecule has 0 bridgehead atoms. The lowest BCUT2D eigenvalue weighted by atomic mass is 10.1. The highest BCUT2D eigenvalue weighted by molar-refractivity contribution is 7.89. The summed E-state index contributed by atoms with van der Waals surface area (Å²) in [5.74, 6) is -0.124. The molecule has 0 saturated heterocycles. The highest BCUT2D eigenvalue weighted by Gasteiger charge is 2.16. The second-order valence-electron chi connectivity index (χ2n) is 4.92. The molecular formula is C17H17NO3S. The fourth-order valence-electron chi connectivity index (χ4n) is 1.86.